The van der Waals surface area contributed by atoms with Crippen LogP contribution in [0.25, 0.3) is 0 Å². The van der Waals surface area contributed by atoms with E-state index in [-0.39, 0.29) is 12.1 Å². The monoisotopic (exact) mass is 268 g/mol. The van der Waals surface area contributed by atoms with E-state index in [9.17, 15) is 14.7 Å². The molecule has 0 radical (unpaired) electrons. The van der Waals surface area contributed by atoms with Crippen LogP contribution in [0.5, 0.6) is 0 Å². The largest absolute Gasteiger partial charge is 0.480 e. The first-order valence-electron chi connectivity index (χ1n) is 7.29. The fourth-order valence-electron chi connectivity index (χ4n) is 2.85. The van der Waals surface area contributed by atoms with Gasteiger partial charge in [-0.25, -0.2) is 9.59 Å². The average molecular weight is 268 g/mol. The number of nitrogens with one attached hydrogen (secondary N) is 1. The van der Waals surface area contributed by atoms with Gasteiger partial charge in [-0.2, -0.15) is 0 Å². The van der Waals surface area contributed by atoms with E-state index in [4.69, 9.17) is 0 Å². The third kappa shape index (κ3) is 3.01. The summed E-state index contributed by atoms with van der Waals surface area (Å²) in [7, 11) is 0. The molecular weight excluding hydrogens is 244 g/mol. The van der Waals surface area contributed by atoms with Gasteiger partial charge < -0.3 is 15.3 Å². The summed E-state index contributed by atoms with van der Waals surface area (Å²) in [6, 6.07) is -0.0338. The number of nitrogens with zero attached hydrogens (tertiary/aromatic N) is 1. The van der Waals surface area contributed by atoms with Gasteiger partial charge in [-0.15, -0.1) is 0 Å². The highest BCUT2D eigenvalue weighted by Crippen LogP contribution is 2.34. The molecule has 1 aliphatic carbocycles. The highest BCUT2D eigenvalue weighted by molar-refractivity contribution is 5.86. The van der Waals surface area contributed by atoms with Gasteiger partial charge in [0.2, 0.25) is 0 Å². The van der Waals surface area contributed by atoms with E-state index >= 15 is 0 Å². The van der Waals surface area contributed by atoms with Crippen LogP contribution in [0.3, 0.4) is 0 Å². The summed E-state index contributed by atoms with van der Waals surface area (Å²) in [6.07, 6.45) is 5.76. The molecule has 1 saturated carbocycles. The summed E-state index contributed by atoms with van der Waals surface area (Å²) in [5.74, 6) is -0.148. The van der Waals surface area contributed by atoms with Crippen LogP contribution >= 0.6 is 0 Å². The van der Waals surface area contributed by atoms with Gasteiger partial charge in [-0.05, 0) is 38.5 Å². The number of amides is 2. The lowest BCUT2D eigenvalue weighted by atomic mass is 9.99. The van der Waals surface area contributed by atoms with Gasteiger partial charge >= 0.3 is 12.0 Å². The number of urea groups is 1. The minimum absolute atomic E-state index is 0.179. The number of carbonyl (C=O) groups excluding carboxylic acids is 1. The zero-order valence-electron chi connectivity index (χ0n) is 11.8. The van der Waals surface area contributed by atoms with Gasteiger partial charge in [0.15, 0.2) is 0 Å². The van der Waals surface area contributed by atoms with Crippen molar-refractivity contribution in [3.05, 3.63) is 0 Å². The van der Waals surface area contributed by atoms with E-state index in [1.165, 1.54) is 17.7 Å². The predicted molar refractivity (Wildman–Crippen MR) is 71.9 cm³/mol. The second-order valence-electron chi connectivity index (χ2n) is 6.07. The van der Waals surface area contributed by atoms with Crippen molar-refractivity contribution in [1.82, 2.24) is 10.2 Å². The molecule has 2 unspecified atom stereocenters. The molecule has 0 aromatic heterocycles. The molecule has 0 spiro atoms. The molecule has 0 bridgehead atoms. The molecule has 2 N–H and O–H groups in total. The highest BCUT2D eigenvalue weighted by atomic mass is 16.4. The number of carboxylic acids is 1. The second kappa shape index (κ2) is 5.39. The van der Waals surface area contributed by atoms with Crippen molar-refractivity contribution in [1.29, 1.82) is 0 Å². The Morgan fingerprint density at radius 2 is 2.16 bits per heavy atom. The lowest BCUT2D eigenvalue weighted by Crippen LogP contribution is -2.55. The Balaban J connectivity index is 1.95. The molecule has 1 saturated heterocycles. The Kier molecular flexibility index (Phi) is 4.02. The molecular formula is C14H24N2O3. The number of hydrogen-bond acceptors (Lipinski definition) is 2. The minimum atomic E-state index is -1.04. The van der Waals surface area contributed by atoms with E-state index in [0.717, 1.165) is 25.2 Å². The molecule has 2 aliphatic rings. The summed E-state index contributed by atoms with van der Waals surface area (Å²) in [5, 5.41) is 12.3. The number of hydrogen-bond donors (Lipinski definition) is 2. The Bertz CT molecular complexity index is 368. The maximum Gasteiger partial charge on any atom is 0.329 e. The normalized spacial score (nSPS) is 28.2. The Labute approximate surface area is 114 Å². The van der Waals surface area contributed by atoms with E-state index in [1.807, 2.05) is 0 Å². The summed E-state index contributed by atoms with van der Waals surface area (Å²) < 4.78 is 0. The minimum Gasteiger partial charge on any atom is -0.480 e. The van der Waals surface area contributed by atoms with Crippen molar-refractivity contribution >= 4 is 12.0 Å². The van der Waals surface area contributed by atoms with Crippen LogP contribution in [0.4, 0.5) is 4.79 Å². The van der Waals surface area contributed by atoms with Crippen LogP contribution in [-0.4, -0.2) is 40.1 Å². The molecule has 108 valence electrons. The van der Waals surface area contributed by atoms with Crippen molar-refractivity contribution in [3.8, 4) is 0 Å². The summed E-state index contributed by atoms with van der Waals surface area (Å²) >= 11 is 0. The molecule has 1 heterocycles. The van der Waals surface area contributed by atoms with Crippen LogP contribution < -0.4 is 5.32 Å². The van der Waals surface area contributed by atoms with Crippen molar-refractivity contribution < 1.29 is 14.7 Å². The Hall–Kier alpha value is -1.26. The van der Waals surface area contributed by atoms with Crippen LogP contribution in [-0.2, 0) is 4.79 Å². The van der Waals surface area contributed by atoms with Gasteiger partial charge in [-0.3, -0.25) is 0 Å². The zero-order chi connectivity index (χ0) is 14.0. The number of likely N-dealkylation sites (tertiary alicyclic amines) is 1. The van der Waals surface area contributed by atoms with E-state index < -0.39 is 11.5 Å². The van der Waals surface area contributed by atoms with Gasteiger partial charge in [0.05, 0.1) is 0 Å². The SMILES string of the molecule is CCC(CC1CC1)NC(=O)N1CCCC1(C)C(=O)O. The molecule has 2 fully saturated rings. The fourth-order valence-corrected chi connectivity index (χ4v) is 2.85. The highest BCUT2D eigenvalue weighted by Gasteiger charge is 2.46. The maximum absolute atomic E-state index is 12.3. The third-order valence-electron chi connectivity index (χ3n) is 4.48. The molecule has 1 aliphatic heterocycles. The van der Waals surface area contributed by atoms with Crippen molar-refractivity contribution in [2.24, 2.45) is 5.92 Å². The van der Waals surface area contributed by atoms with Crippen LogP contribution in [0.2, 0.25) is 0 Å². The van der Waals surface area contributed by atoms with Gasteiger partial charge in [-0.1, -0.05) is 19.8 Å². The van der Waals surface area contributed by atoms with Gasteiger partial charge in [0.25, 0.3) is 0 Å². The number of carboxylic acid groups (broad SMARTS) is 1. The van der Waals surface area contributed by atoms with Crippen molar-refractivity contribution in [3.63, 3.8) is 0 Å². The molecule has 0 aromatic carbocycles. The standard InChI is InChI=1S/C14H24N2O3/c1-3-11(9-10-5-6-10)15-13(19)16-8-4-7-14(16,2)12(17)18/h10-11H,3-9H2,1-2H3,(H,15,19)(H,17,18). The summed E-state index contributed by atoms with van der Waals surface area (Å²) in [4.78, 5) is 25.1. The van der Waals surface area contributed by atoms with Gasteiger partial charge in [0, 0.05) is 12.6 Å². The van der Waals surface area contributed by atoms with E-state index in [2.05, 4.69) is 12.2 Å². The molecule has 5 heteroatoms. The lowest BCUT2D eigenvalue weighted by molar-refractivity contribution is -0.147. The van der Waals surface area contributed by atoms with Crippen LogP contribution in [0.15, 0.2) is 0 Å². The third-order valence-corrected chi connectivity index (χ3v) is 4.48. The van der Waals surface area contributed by atoms with E-state index in [1.54, 1.807) is 6.92 Å². The fraction of sp³-hybridized carbons (Fsp3) is 0.857. The summed E-state index contributed by atoms with van der Waals surface area (Å²) in [5.41, 5.74) is -1.04. The molecule has 0 aromatic rings. The van der Waals surface area contributed by atoms with E-state index in [0.29, 0.717) is 13.0 Å². The Morgan fingerprint density at radius 3 is 2.68 bits per heavy atom. The lowest BCUT2D eigenvalue weighted by Gasteiger charge is -2.32. The molecule has 19 heavy (non-hydrogen) atoms. The molecule has 2 rings (SSSR count). The van der Waals surface area contributed by atoms with Gasteiger partial charge in [0.1, 0.15) is 5.54 Å². The van der Waals surface area contributed by atoms with Crippen LogP contribution in [0, 0.1) is 5.92 Å². The quantitative estimate of drug-likeness (QED) is 0.803. The molecule has 2 amide bonds. The number of aliphatic carboxylic acids is 1. The number of carbonyl (C=O) groups is 2. The topological polar surface area (TPSA) is 69.6 Å². The van der Waals surface area contributed by atoms with Crippen molar-refractivity contribution in [2.45, 2.75) is 64.0 Å². The number of rotatable bonds is 5. The predicted octanol–water partition coefficient (Wildman–Crippen LogP) is 2.21. The first kappa shape index (κ1) is 14.2. The first-order chi connectivity index (χ1) is 8.97. The maximum atomic E-state index is 12.3. The molecule has 5 nitrogen and oxygen atoms in total. The second-order valence-corrected chi connectivity index (χ2v) is 6.07. The Morgan fingerprint density at radius 1 is 1.47 bits per heavy atom. The molecule has 2 atom stereocenters. The first-order valence-corrected chi connectivity index (χ1v) is 7.29. The zero-order valence-corrected chi connectivity index (χ0v) is 11.8. The van der Waals surface area contributed by atoms with Crippen molar-refractivity contribution in [2.75, 3.05) is 6.54 Å². The summed E-state index contributed by atoms with van der Waals surface area (Å²) in [6.45, 7) is 4.24. The average Bonchev–Trinajstić information content (AvgIpc) is 3.08. The smallest absolute Gasteiger partial charge is 0.329 e. The van der Waals surface area contributed by atoms with Crippen LogP contribution in [0.1, 0.15) is 52.4 Å².